The van der Waals surface area contributed by atoms with Crippen LogP contribution in [0.2, 0.25) is 0 Å². The van der Waals surface area contributed by atoms with Crippen LogP contribution in [0.25, 0.3) is 22.3 Å². The number of aliphatic hydroxyl groups is 4. The molecule has 4 aliphatic heterocycles. The molecule has 2 saturated carbocycles. The van der Waals surface area contributed by atoms with Crippen LogP contribution in [0.4, 0.5) is 28.3 Å². The van der Waals surface area contributed by atoms with Crippen molar-refractivity contribution in [2.24, 2.45) is 0 Å². The highest BCUT2D eigenvalue weighted by molar-refractivity contribution is 5.86. The first-order valence-electron chi connectivity index (χ1n) is 27.1. The van der Waals surface area contributed by atoms with Gasteiger partial charge in [0.15, 0.2) is 58.6 Å². The number of aromatic nitrogens is 8. The van der Waals surface area contributed by atoms with Crippen LogP contribution in [0.3, 0.4) is 0 Å². The number of hydrogen-bond acceptors (Lipinski definition) is 21. The molecule has 2 aliphatic carbocycles. The Morgan fingerprint density at radius 2 is 0.947 bits per heavy atom. The van der Waals surface area contributed by atoms with Gasteiger partial charge in [0, 0.05) is 75.5 Å². The maximum absolute atomic E-state index is 13.5. The van der Waals surface area contributed by atoms with Gasteiger partial charge < -0.3 is 81.4 Å². The topological polar surface area (TPSA) is 323 Å². The van der Waals surface area contributed by atoms with E-state index in [-0.39, 0.29) is 30.2 Å². The quantitative estimate of drug-likeness (QED) is 0.0657. The van der Waals surface area contributed by atoms with Crippen molar-refractivity contribution in [1.82, 2.24) is 70.1 Å². The van der Waals surface area contributed by atoms with Crippen molar-refractivity contribution in [3.8, 4) is 0 Å². The fourth-order valence-electron chi connectivity index (χ4n) is 11.7. The van der Waals surface area contributed by atoms with Gasteiger partial charge in [-0.05, 0) is 106 Å². The van der Waals surface area contributed by atoms with Crippen LogP contribution in [0.15, 0.2) is 12.7 Å². The monoisotopic (exact) mass is 1060 g/mol. The number of likely N-dealkylation sites (N-methyl/N-ethyl adjacent to an activating group) is 4. The van der Waals surface area contributed by atoms with Crippen LogP contribution >= 0.6 is 0 Å². The van der Waals surface area contributed by atoms with Gasteiger partial charge in [0.25, 0.3) is 11.8 Å². The molecule has 0 aromatic carbocycles. The molecule has 10 N–H and O–H groups in total. The zero-order valence-electron chi connectivity index (χ0n) is 44.2. The predicted octanol–water partition coefficient (Wildman–Crippen LogP) is -0.797. The number of ether oxygens (including phenoxy) is 2. The van der Waals surface area contributed by atoms with Crippen molar-refractivity contribution in [2.75, 3.05) is 87.9 Å². The molecule has 8 heterocycles. The Labute approximate surface area is 440 Å². The summed E-state index contributed by atoms with van der Waals surface area (Å²) in [6.45, 7) is 7.17. The summed E-state index contributed by atoms with van der Waals surface area (Å²) in [5.74, 6) is 1.05. The highest BCUT2D eigenvalue weighted by Gasteiger charge is 2.49. The summed E-state index contributed by atoms with van der Waals surface area (Å²) in [5, 5.41) is 63.0. The fraction of sp³-hybridized carbons (Fsp3) is 0.735. The molecule has 6 fully saturated rings. The Morgan fingerprint density at radius 1 is 0.566 bits per heavy atom. The number of carbonyl (C=O) groups is 3. The molecule has 27 heteroatoms. The Kier molecular flexibility index (Phi) is 16.0. The van der Waals surface area contributed by atoms with E-state index in [0.29, 0.717) is 71.0 Å². The van der Waals surface area contributed by atoms with E-state index in [1.54, 1.807) is 23.0 Å². The van der Waals surface area contributed by atoms with Crippen molar-refractivity contribution < 1.29 is 44.3 Å². The molecular formula is C49H76N18O9. The van der Waals surface area contributed by atoms with Crippen LogP contribution in [-0.2, 0) is 19.1 Å². The largest absolute Gasteiger partial charge is 0.387 e. The standard InChI is InChI=1S/C49H76N18O9/c1-7-50-43(72)37-33(68)35(70)45(75-37)66-23-52-31-39(58-47(60-41(31)66)64-19-17-29(21-64)62(3)4)54-25-9-13-27(14-10-25)56-49(74)57-28-15-11-26(12-16-28)55-40-32-42(61-48(59-40)65-20-18-30(22-65)63(5)6)67(24-53-32)46-36(71)34(69)38(76-46)44(73)51-8-2/h23-30,33-38,45-46,68-71H,7-22H2,1-6H3,(H,50,72)(H,51,73)(H,54,58,60)(H,55,59,61)(H2,56,57,74)/t25?,26?,27?,28?,29-,30-,33+,34+,35-,36-,37+,38+,45-,46-/m1/s1. The number of anilines is 4. The zero-order chi connectivity index (χ0) is 53.5. The van der Waals surface area contributed by atoms with Crippen LogP contribution < -0.4 is 41.7 Å². The average molecular weight is 1060 g/mol. The first-order chi connectivity index (χ1) is 36.6. The average Bonchev–Trinajstić information content (AvgIpc) is 4.28. The summed E-state index contributed by atoms with van der Waals surface area (Å²) in [6, 6.07) is 0.449. The van der Waals surface area contributed by atoms with Crippen LogP contribution in [0.5, 0.6) is 0 Å². The number of hydrogen-bond donors (Lipinski definition) is 10. The molecule has 27 nitrogen and oxygen atoms in total. The molecule has 0 bridgehead atoms. The van der Waals surface area contributed by atoms with Crippen molar-refractivity contribution >= 4 is 63.7 Å². The Balaban J connectivity index is 0.755. The van der Waals surface area contributed by atoms with E-state index in [0.717, 1.165) is 90.4 Å². The molecular weight excluding hydrogens is 985 g/mol. The Bertz CT molecular complexity index is 2510. The molecule has 10 atom stereocenters. The lowest BCUT2D eigenvalue weighted by molar-refractivity contribution is -0.138. The minimum absolute atomic E-state index is 0.0229. The van der Waals surface area contributed by atoms with Crippen molar-refractivity contribution in [2.45, 2.75) is 163 Å². The summed E-state index contributed by atoms with van der Waals surface area (Å²) in [5.41, 5.74) is 1.75. The van der Waals surface area contributed by atoms with Gasteiger partial charge in [0.1, 0.15) is 24.4 Å². The zero-order valence-corrected chi connectivity index (χ0v) is 44.2. The number of nitrogens with zero attached hydrogens (tertiary/aromatic N) is 12. The maximum Gasteiger partial charge on any atom is 0.315 e. The molecule has 0 spiro atoms. The number of nitrogens with one attached hydrogen (secondary N) is 6. The van der Waals surface area contributed by atoms with Gasteiger partial charge in [-0.3, -0.25) is 18.7 Å². The normalized spacial score (nSPS) is 31.9. The fourth-order valence-corrected chi connectivity index (χ4v) is 11.7. The van der Waals surface area contributed by atoms with E-state index >= 15 is 0 Å². The van der Waals surface area contributed by atoms with Gasteiger partial charge in [0.2, 0.25) is 11.9 Å². The number of rotatable bonds is 16. The highest BCUT2D eigenvalue weighted by Crippen LogP contribution is 2.37. The summed E-state index contributed by atoms with van der Waals surface area (Å²) in [7, 11) is 8.22. The number of aliphatic hydroxyl groups excluding tert-OH is 4. The summed E-state index contributed by atoms with van der Waals surface area (Å²) < 4.78 is 15.1. The van der Waals surface area contributed by atoms with E-state index in [1.807, 2.05) is 0 Å². The van der Waals surface area contributed by atoms with Gasteiger partial charge in [-0.15, -0.1) is 0 Å². The van der Waals surface area contributed by atoms with Crippen molar-refractivity contribution in [1.29, 1.82) is 0 Å². The lowest BCUT2D eigenvalue weighted by Crippen LogP contribution is -2.49. The molecule has 4 amide bonds. The van der Waals surface area contributed by atoms with E-state index in [2.05, 4.69) is 89.7 Å². The second-order valence-corrected chi connectivity index (χ2v) is 21.7. The first-order valence-corrected chi connectivity index (χ1v) is 27.1. The molecule has 6 aliphatic rings. The maximum atomic E-state index is 13.5. The predicted molar refractivity (Wildman–Crippen MR) is 279 cm³/mol. The third-order valence-electron chi connectivity index (χ3n) is 16.2. The minimum Gasteiger partial charge on any atom is -0.387 e. The highest BCUT2D eigenvalue weighted by atomic mass is 16.6. The molecule has 0 unspecified atom stereocenters. The van der Waals surface area contributed by atoms with Gasteiger partial charge in [-0.2, -0.15) is 19.9 Å². The number of urea groups is 1. The van der Waals surface area contributed by atoms with Gasteiger partial charge in [0.05, 0.1) is 12.7 Å². The molecule has 4 aromatic rings. The first kappa shape index (κ1) is 53.6. The minimum atomic E-state index is -1.45. The second kappa shape index (κ2) is 22.6. The van der Waals surface area contributed by atoms with Crippen LogP contribution in [0, 0.1) is 0 Å². The Hall–Kier alpha value is -5.81. The number of amides is 4. The Morgan fingerprint density at radius 3 is 1.30 bits per heavy atom. The van der Waals surface area contributed by atoms with Gasteiger partial charge >= 0.3 is 6.03 Å². The molecule has 10 rings (SSSR count). The number of fused-ring (bicyclic) bond motifs is 2. The molecule has 76 heavy (non-hydrogen) atoms. The van der Waals surface area contributed by atoms with E-state index < -0.39 is 60.9 Å². The third-order valence-corrected chi connectivity index (χ3v) is 16.2. The second-order valence-electron chi connectivity index (χ2n) is 21.7. The molecule has 416 valence electrons. The van der Waals surface area contributed by atoms with E-state index in [1.165, 1.54) is 12.7 Å². The van der Waals surface area contributed by atoms with Gasteiger partial charge in [-0.25, -0.2) is 14.8 Å². The van der Waals surface area contributed by atoms with Crippen LogP contribution in [0.1, 0.15) is 90.5 Å². The molecule has 0 radical (unpaired) electrons. The summed E-state index contributed by atoms with van der Waals surface area (Å²) in [6.07, 6.45) is 0.434. The summed E-state index contributed by atoms with van der Waals surface area (Å²) in [4.78, 5) is 76.8. The summed E-state index contributed by atoms with van der Waals surface area (Å²) >= 11 is 0. The van der Waals surface area contributed by atoms with Crippen molar-refractivity contribution in [3.63, 3.8) is 0 Å². The molecule has 4 aromatic heterocycles. The van der Waals surface area contributed by atoms with Crippen molar-refractivity contribution in [3.05, 3.63) is 12.7 Å². The lowest BCUT2D eigenvalue weighted by Gasteiger charge is -2.32. The van der Waals surface area contributed by atoms with E-state index in [4.69, 9.17) is 29.4 Å². The lowest BCUT2D eigenvalue weighted by atomic mass is 9.90. The van der Waals surface area contributed by atoms with Gasteiger partial charge in [-0.1, -0.05) is 0 Å². The van der Waals surface area contributed by atoms with Crippen LogP contribution in [-0.4, -0.2) is 227 Å². The van der Waals surface area contributed by atoms with E-state index in [9.17, 15) is 34.8 Å². The smallest absolute Gasteiger partial charge is 0.315 e. The SMILES string of the molecule is CCNC(=O)[C@H]1O[C@@H](n2cnc3c(NC4CCC(NC(=O)NC5CCC(Nc6nc(N7CC[C@@H](N(C)C)C7)nc7c6ncn7[C@@H]6O[C@H](C(=O)NCC)[C@@H](O)[C@H]6O)CC5)CC4)nc(N4CC[C@@H](N(C)C)C4)nc32)[C@H](O)[C@@H]1O. The number of carbonyl (C=O) groups excluding carboxylic acids is 3. The number of imidazole rings is 2. The third kappa shape index (κ3) is 10.9. The molecule has 4 saturated heterocycles.